The molecular weight excluding hydrogens is 378 g/mol. The van der Waals surface area contributed by atoms with Crippen LogP contribution in [0, 0.1) is 6.92 Å². The van der Waals surface area contributed by atoms with E-state index in [1.807, 2.05) is 47.9 Å². The molecule has 0 atom stereocenters. The Labute approximate surface area is 173 Å². The predicted octanol–water partition coefficient (Wildman–Crippen LogP) is 3.46. The summed E-state index contributed by atoms with van der Waals surface area (Å²) in [4.78, 5) is 37.7. The van der Waals surface area contributed by atoms with Crippen LogP contribution in [0.25, 0.3) is 21.8 Å². The average Bonchev–Trinajstić information content (AvgIpc) is 2.77. The Morgan fingerprint density at radius 1 is 0.900 bits per heavy atom. The molecule has 0 unspecified atom stereocenters. The summed E-state index contributed by atoms with van der Waals surface area (Å²) in [6.45, 7) is 1.90. The van der Waals surface area contributed by atoms with Gasteiger partial charge >= 0.3 is 0 Å². The van der Waals surface area contributed by atoms with Gasteiger partial charge in [0.2, 0.25) is 5.91 Å². The number of aryl methyl sites for hydroxylation is 1. The summed E-state index contributed by atoms with van der Waals surface area (Å²) in [5.41, 5.74) is 3.25. The number of amides is 2. The van der Waals surface area contributed by atoms with E-state index in [1.54, 1.807) is 37.4 Å². The van der Waals surface area contributed by atoms with Gasteiger partial charge in [0.05, 0.1) is 11.0 Å². The number of carbonyl (C=O) groups excluding carboxylic acids is 2. The molecule has 0 radical (unpaired) electrons. The number of benzene rings is 3. The molecule has 0 aliphatic carbocycles. The first-order valence-electron chi connectivity index (χ1n) is 9.62. The van der Waals surface area contributed by atoms with Gasteiger partial charge in [-0.05, 0) is 48.9 Å². The quantitative estimate of drug-likeness (QED) is 0.516. The van der Waals surface area contributed by atoms with Gasteiger partial charge in [0.1, 0.15) is 6.54 Å². The van der Waals surface area contributed by atoms with Crippen LogP contribution >= 0.6 is 0 Å². The third-order valence-corrected chi connectivity index (χ3v) is 5.18. The number of pyridine rings is 1. The van der Waals surface area contributed by atoms with E-state index in [0.717, 1.165) is 5.56 Å². The molecule has 1 heterocycles. The number of hydrogen-bond donors (Lipinski definition) is 2. The van der Waals surface area contributed by atoms with Crippen molar-refractivity contribution in [1.29, 1.82) is 0 Å². The third kappa shape index (κ3) is 3.43. The molecule has 0 aliphatic heterocycles. The second-order valence-corrected chi connectivity index (χ2v) is 7.11. The smallest absolute Gasteiger partial charge is 0.251 e. The predicted molar refractivity (Wildman–Crippen MR) is 119 cm³/mol. The van der Waals surface area contributed by atoms with E-state index in [4.69, 9.17) is 0 Å². The number of anilines is 1. The molecule has 2 N–H and O–H groups in total. The highest BCUT2D eigenvalue weighted by Crippen LogP contribution is 2.21. The van der Waals surface area contributed by atoms with Crippen molar-refractivity contribution >= 4 is 39.3 Å². The number of para-hydroxylation sites is 2. The van der Waals surface area contributed by atoms with Gasteiger partial charge in [-0.3, -0.25) is 14.4 Å². The van der Waals surface area contributed by atoms with Gasteiger partial charge in [-0.25, -0.2) is 0 Å². The van der Waals surface area contributed by atoms with Crippen molar-refractivity contribution in [1.82, 2.24) is 9.88 Å². The highest BCUT2D eigenvalue weighted by Gasteiger charge is 2.14. The van der Waals surface area contributed by atoms with Crippen LogP contribution in [-0.4, -0.2) is 23.4 Å². The van der Waals surface area contributed by atoms with Crippen LogP contribution in [0.15, 0.2) is 71.5 Å². The minimum Gasteiger partial charge on any atom is -0.355 e. The molecule has 30 heavy (non-hydrogen) atoms. The molecule has 0 fully saturated rings. The number of rotatable bonds is 4. The molecule has 3 aromatic carbocycles. The lowest BCUT2D eigenvalue weighted by Gasteiger charge is -2.16. The van der Waals surface area contributed by atoms with E-state index in [9.17, 15) is 14.4 Å². The minimum absolute atomic E-state index is 0.0327. The number of nitrogens with one attached hydrogen (secondary N) is 2. The fourth-order valence-electron chi connectivity index (χ4n) is 3.62. The summed E-state index contributed by atoms with van der Waals surface area (Å²) >= 11 is 0. The highest BCUT2D eigenvalue weighted by molar-refractivity contribution is 5.99. The van der Waals surface area contributed by atoms with Gasteiger partial charge < -0.3 is 15.2 Å². The van der Waals surface area contributed by atoms with Crippen LogP contribution in [0.4, 0.5) is 5.69 Å². The Bertz CT molecular complexity index is 1300. The van der Waals surface area contributed by atoms with E-state index in [0.29, 0.717) is 33.1 Å². The number of carbonyl (C=O) groups is 2. The van der Waals surface area contributed by atoms with Crippen molar-refractivity contribution < 1.29 is 9.59 Å². The summed E-state index contributed by atoms with van der Waals surface area (Å²) in [6, 6.07) is 19.7. The van der Waals surface area contributed by atoms with Crippen LogP contribution in [0.1, 0.15) is 15.9 Å². The summed E-state index contributed by atoms with van der Waals surface area (Å²) in [5.74, 6) is -0.464. The zero-order valence-electron chi connectivity index (χ0n) is 16.7. The number of aromatic nitrogens is 1. The molecular formula is C24H21N3O3. The number of fused-ring (bicyclic) bond motifs is 2. The Morgan fingerprint density at radius 2 is 1.50 bits per heavy atom. The van der Waals surface area contributed by atoms with Crippen molar-refractivity contribution in [2.24, 2.45) is 0 Å². The Kier molecular flexibility index (Phi) is 5.06. The maximum atomic E-state index is 12.9. The minimum atomic E-state index is -0.244. The Balaban J connectivity index is 1.75. The van der Waals surface area contributed by atoms with E-state index < -0.39 is 0 Å². The Morgan fingerprint density at radius 3 is 2.10 bits per heavy atom. The van der Waals surface area contributed by atoms with E-state index in [-0.39, 0.29) is 23.8 Å². The average molecular weight is 399 g/mol. The lowest BCUT2D eigenvalue weighted by molar-refractivity contribution is -0.116. The molecule has 0 spiro atoms. The van der Waals surface area contributed by atoms with Crippen molar-refractivity contribution in [3.8, 4) is 0 Å². The second kappa shape index (κ2) is 7.83. The molecule has 150 valence electrons. The summed E-state index contributed by atoms with van der Waals surface area (Å²) in [7, 11) is 1.56. The van der Waals surface area contributed by atoms with E-state index in [2.05, 4.69) is 10.6 Å². The molecule has 2 amide bonds. The van der Waals surface area contributed by atoms with Crippen molar-refractivity contribution in [3.63, 3.8) is 0 Å². The van der Waals surface area contributed by atoms with Crippen LogP contribution in [0.3, 0.4) is 0 Å². The molecule has 0 bridgehead atoms. The molecule has 0 saturated carbocycles. The van der Waals surface area contributed by atoms with E-state index >= 15 is 0 Å². The molecule has 6 nitrogen and oxygen atoms in total. The number of hydrogen-bond acceptors (Lipinski definition) is 3. The molecule has 1 aromatic heterocycles. The van der Waals surface area contributed by atoms with Gasteiger partial charge in [0, 0.05) is 29.1 Å². The summed E-state index contributed by atoms with van der Waals surface area (Å²) in [6.07, 6.45) is 0. The maximum absolute atomic E-state index is 12.9. The first-order valence-corrected chi connectivity index (χ1v) is 9.62. The lowest BCUT2D eigenvalue weighted by Crippen LogP contribution is -2.22. The van der Waals surface area contributed by atoms with Crippen LogP contribution in [0.2, 0.25) is 0 Å². The monoisotopic (exact) mass is 399 g/mol. The van der Waals surface area contributed by atoms with Crippen molar-refractivity contribution in [2.75, 3.05) is 12.4 Å². The van der Waals surface area contributed by atoms with Gasteiger partial charge in [0.25, 0.3) is 5.91 Å². The van der Waals surface area contributed by atoms with Crippen molar-refractivity contribution in [2.45, 2.75) is 13.5 Å². The van der Waals surface area contributed by atoms with Gasteiger partial charge in [-0.2, -0.15) is 0 Å². The topological polar surface area (TPSA) is 80.2 Å². The lowest BCUT2D eigenvalue weighted by atomic mass is 10.1. The second-order valence-electron chi connectivity index (χ2n) is 7.11. The normalized spacial score (nSPS) is 10.9. The number of nitrogens with zero attached hydrogens (tertiary/aromatic N) is 1. The van der Waals surface area contributed by atoms with Gasteiger partial charge in [0.15, 0.2) is 5.43 Å². The standard InChI is InChI=1S/C24H21N3O3/c1-15-11-12-16(24(30)25-2)13-19(15)26-22(28)14-27-20-9-5-3-7-17(20)23(29)18-8-4-6-10-21(18)27/h3-13H,14H2,1-2H3,(H,25,30)(H,26,28). The molecule has 4 rings (SSSR count). The molecule has 6 heteroatoms. The SMILES string of the molecule is CNC(=O)c1ccc(C)c(NC(=O)Cn2c3ccccc3c(=O)c3ccccc32)c1. The largest absolute Gasteiger partial charge is 0.355 e. The van der Waals surface area contributed by atoms with E-state index in [1.165, 1.54) is 0 Å². The molecule has 4 aromatic rings. The Hall–Kier alpha value is -3.93. The molecule has 0 saturated heterocycles. The summed E-state index contributed by atoms with van der Waals surface area (Å²) < 4.78 is 1.85. The first-order chi connectivity index (χ1) is 14.5. The maximum Gasteiger partial charge on any atom is 0.251 e. The van der Waals surface area contributed by atoms with Gasteiger partial charge in [-0.1, -0.05) is 30.3 Å². The zero-order valence-corrected chi connectivity index (χ0v) is 16.7. The fourth-order valence-corrected chi connectivity index (χ4v) is 3.62. The van der Waals surface area contributed by atoms with Gasteiger partial charge in [-0.15, -0.1) is 0 Å². The van der Waals surface area contributed by atoms with Crippen LogP contribution in [-0.2, 0) is 11.3 Å². The fraction of sp³-hybridized carbons (Fsp3) is 0.125. The summed E-state index contributed by atoms with van der Waals surface area (Å²) in [5, 5.41) is 6.63. The highest BCUT2D eigenvalue weighted by atomic mass is 16.2. The van der Waals surface area contributed by atoms with Crippen molar-refractivity contribution in [3.05, 3.63) is 88.1 Å². The molecule has 0 aliphatic rings. The zero-order chi connectivity index (χ0) is 21.3. The first kappa shape index (κ1) is 19.4. The van der Waals surface area contributed by atoms with Crippen LogP contribution < -0.4 is 16.1 Å². The third-order valence-electron chi connectivity index (χ3n) is 5.18. The van der Waals surface area contributed by atoms with Crippen LogP contribution in [0.5, 0.6) is 0 Å².